The number of halogens is 2. The van der Waals surface area contributed by atoms with Crippen LogP contribution in [0.5, 0.6) is 0 Å². The smallest absolute Gasteiger partial charge is 0.0595 e. The topological polar surface area (TPSA) is 29.3 Å². The second kappa shape index (κ2) is 6.45. The molecule has 1 aromatic carbocycles. The van der Waals surface area contributed by atoms with E-state index in [1.54, 1.807) is 0 Å². The molecule has 0 radical (unpaired) electrons. The number of likely N-dealkylation sites (tertiary alicyclic amines) is 1. The van der Waals surface area contributed by atoms with Gasteiger partial charge in [-0.25, -0.2) is 0 Å². The van der Waals surface area contributed by atoms with Gasteiger partial charge in [0.05, 0.1) is 10.0 Å². The minimum Gasteiger partial charge on any atom is -0.330 e. The summed E-state index contributed by atoms with van der Waals surface area (Å²) in [5, 5.41) is 1.25. The molecule has 0 aromatic heterocycles. The third-order valence-corrected chi connectivity index (χ3v) is 5.02. The van der Waals surface area contributed by atoms with Gasteiger partial charge < -0.3 is 5.73 Å². The van der Waals surface area contributed by atoms with Crippen LogP contribution < -0.4 is 5.73 Å². The second-order valence-corrected chi connectivity index (χ2v) is 6.39. The zero-order chi connectivity index (χ0) is 14.0. The fourth-order valence-electron chi connectivity index (χ4n) is 2.91. The Hall–Kier alpha value is -0.280. The number of hydrogen-bond donors (Lipinski definition) is 1. The highest BCUT2D eigenvalue weighted by Gasteiger charge is 2.28. The molecule has 0 spiro atoms. The minimum absolute atomic E-state index is 0.346. The summed E-state index contributed by atoms with van der Waals surface area (Å²) in [4.78, 5) is 2.53. The fraction of sp³-hybridized carbons (Fsp3) is 0.600. The van der Waals surface area contributed by atoms with Crippen LogP contribution in [0.3, 0.4) is 0 Å². The quantitative estimate of drug-likeness (QED) is 0.910. The molecule has 19 heavy (non-hydrogen) atoms. The standard InChI is InChI=1S/C15H22Cl2N2/c1-10-3-4-12(8-18)9-19(10)11(2)13-5-6-14(16)15(17)7-13/h5-7,10-12H,3-4,8-9,18H2,1-2H3. The first-order valence-electron chi connectivity index (χ1n) is 6.93. The highest BCUT2D eigenvalue weighted by molar-refractivity contribution is 6.42. The molecule has 1 fully saturated rings. The maximum Gasteiger partial charge on any atom is 0.0595 e. The van der Waals surface area contributed by atoms with Crippen LogP contribution in [-0.4, -0.2) is 24.0 Å². The van der Waals surface area contributed by atoms with Crippen LogP contribution in [0.25, 0.3) is 0 Å². The van der Waals surface area contributed by atoms with Gasteiger partial charge in [-0.3, -0.25) is 4.90 Å². The number of hydrogen-bond acceptors (Lipinski definition) is 2. The van der Waals surface area contributed by atoms with Crippen molar-refractivity contribution in [3.05, 3.63) is 33.8 Å². The summed E-state index contributed by atoms with van der Waals surface area (Å²) < 4.78 is 0. The average Bonchev–Trinajstić information content (AvgIpc) is 2.41. The highest BCUT2D eigenvalue weighted by atomic mass is 35.5. The van der Waals surface area contributed by atoms with Gasteiger partial charge in [0.2, 0.25) is 0 Å². The van der Waals surface area contributed by atoms with E-state index in [0.717, 1.165) is 13.1 Å². The molecule has 1 saturated heterocycles. The lowest BCUT2D eigenvalue weighted by Crippen LogP contribution is -2.44. The van der Waals surface area contributed by atoms with Crippen molar-refractivity contribution in [3.63, 3.8) is 0 Å². The van der Waals surface area contributed by atoms with E-state index in [0.29, 0.717) is 28.0 Å². The fourth-order valence-corrected chi connectivity index (χ4v) is 3.21. The maximum atomic E-state index is 6.12. The van der Waals surface area contributed by atoms with Crippen molar-refractivity contribution in [3.8, 4) is 0 Å². The first-order chi connectivity index (χ1) is 9.02. The van der Waals surface area contributed by atoms with E-state index >= 15 is 0 Å². The van der Waals surface area contributed by atoms with Gasteiger partial charge in [0.25, 0.3) is 0 Å². The summed E-state index contributed by atoms with van der Waals surface area (Å²) in [6.07, 6.45) is 2.45. The number of rotatable bonds is 3. The molecule has 2 N–H and O–H groups in total. The molecule has 4 heteroatoms. The van der Waals surface area contributed by atoms with Crippen molar-refractivity contribution in [1.82, 2.24) is 4.90 Å². The van der Waals surface area contributed by atoms with Gasteiger partial charge in [0.1, 0.15) is 0 Å². The molecule has 106 valence electrons. The zero-order valence-electron chi connectivity index (χ0n) is 11.6. The van der Waals surface area contributed by atoms with Crippen molar-refractivity contribution >= 4 is 23.2 Å². The SMILES string of the molecule is CC1CCC(CN)CN1C(C)c1ccc(Cl)c(Cl)c1. The van der Waals surface area contributed by atoms with Crippen LogP contribution in [0.1, 0.15) is 38.3 Å². The Bertz CT molecular complexity index is 436. The molecule has 1 heterocycles. The van der Waals surface area contributed by atoms with Gasteiger partial charge in [-0.05, 0) is 56.8 Å². The number of nitrogens with zero attached hydrogens (tertiary/aromatic N) is 1. The zero-order valence-corrected chi connectivity index (χ0v) is 13.1. The van der Waals surface area contributed by atoms with Crippen molar-refractivity contribution in [2.75, 3.05) is 13.1 Å². The molecule has 1 aliphatic heterocycles. The monoisotopic (exact) mass is 300 g/mol. The first kappa shape index (κ1) is 15.1. The van der Waals surface area contributed by atoms with Gasteiger partial charge in [-0.1, -0.05) is 29.3 Å². The van der Waals surface area contributed by atoms with Crippen LogP contribution in [-0.2, 0) is 0 Å². The number of piperidine rings is 1. The Labute approximate surface area is 125 Å². The summed E-state index contributed by atoms with van der Waals surface area (Å²) in [7, 11) is 0. The Balaban J connectivity index is 2.16. The van der Waals surface area contributed by atoms with E-state index in [4.69, 9.17) is 28.9 Å². The van der Waals surface area contributed by atoms with Gasteiger partial charge >= 0.3 is 0 Å². The highest BCUT2D eigenvalue weighted by Crippen LogP contribution is 2.33. The molecule has 1 aliphatic rings. The average molecular weight is 301 g/mol. The molecule has 0 saturated carbocycles. The Morgan fingerprint density at radius 3 is 2.68 bits per heavy atom. The van der Waals surface area contributed by atoms with Crippen molar-refractivity contribution < 1.29 is 0 Å². The Morgan fingerprint density at radius 2 is 2.05 bits per heavy atom. The molecular formula is C15H22Cl2N2. The Morgan fingerprint density at radius 1 is 1.32 bits per heavy atom. The van der Waals surface area contributed by atoms with Gasteiger partial charge in [-0.15, -0.1) is 0 Å². The molecule has 2 nitrogen and oxygen atoms in total. The van der Waals surface area contributed by atoms with Gasteiger partial charge in [0, 0.05) is 18.6 Å². The summed E-state index contributed by atoms with van der Waals surface area (Å²) in [5.74, 6) is 0.612. The Kier molecular flexibility index (Phi) is 5.13. The van der Waals surface area contributed by atoms with E-state index in [9.17, 15) is 0 Å². The van der Waals surface area contributed by atoms with Crippen molar-refractivity contribution in [1.29, 1.82) is 0 Å². The predicted molar refractivity (Wildman–Crippen MR) is 82.8 cm³/mol. The number of nitrogens with two attached hydrogens (primary N) is 1. The molecule has 3 unspecified atom stereocenters. The van der Waals surface area contributed by atoms with Crippen LogP contribution >= 0.6 is 23.2 Å². The third kappa shape index (κ3) is 3.43. The molecule has 2 rings (SSSR count). The van der Waals surface area contributed by atoms with Gasteiger partial charge in [-0.2, -0.15) is 0 Å². The molecular weight excluding hydrogens is 279 g/mol. The van der Waals surface area contributed by atoms with E-state index in [-0.39, 0.29) is 0 Å². The third-order valence-electron chi connectivity index (χ3n) is 4.28. The van der Waals surface area contributed by atoms with E-state index in [1.807, 2.05) is 12.1 Å². The summed E-state index contributed by atoms with van der Waals surface area (Å²) in [6.45, 7) is 6.37. The van der Waals surface area contributed by atoms with E-state index in [2.05, 4.69) is 24.8 Å². The normalized spacial score (nSPS) is 26.4. The van der Waals surface area contributed by atoms with E-state index < -0.39 is 0 Å². The van der Waals surface area contributed by atoms with Crippen LogP contribution in [0.15, 0.2) is 18.2 Å². The summed E-state index contributed by atoms with van der Waals surface area (Å²) in [5.41, 5.74) is 7.05. The molecule has 0 bridgehead atoms. The predicted octanol–water partition coefficient (Wildman–Crippen LogP) is 4.11. The molecule has 0 aliphatic carbocycles. The second-order valence-electron chi connectivity index (χ2n) is 5.57. The van der Waals surface area contributed by atoms with Crippen molar-refractivity contribution in [2.24, 2.45) is 11.7 Å². The van der Waals surface area contributed by atoms with E-state index in [1.165, 1.54) is 18.4 Å². The lowest BCUT2D eigenvalue weighted by molar-refractivity contribution is 0.0813. The maximum absolute atomic E-state index is 6.12. The van der Waals surface area contributed by atoms with Crippen molar-refractivity contribution in [2.45, 2.75) is 38.8 Å². The van der Waals surface area contributed by atoms with Crippen LogP contribution in [0.2, 0.25) is 10.0 Å². The largest absolute Gasteiger partial charge is 0.330 e. The first-order valence-corrected chi connectivity index (χ1v) is 7.69. The van der Waals surface area contributed by atoms with Crippen LogP contribution in [0.4, 0.5) is 0 Å². The lowest BCUT2D eigenvalue weighted by Gasteiger charge is -2.41. The summed E-state index contributed by atoms with van der Waals surface area (Å²) >= 11 is 12.1. The minimum atomic E-state index is 0.346. The molecule has 1 aromatic rings. The van der Waals surface area contributed by atoms with Gasteiger partial charge in [0.15, 0.2) is 0 Å². The summed E-state index contributed by atoms with van der Waals surface area (Å²) in [6, 6.07) is 6.86. The molecule has 0 amide bonds. The number of benzene rings is 1. The molecule has 3 atom stereocenters. The van der Waals surface area contributed by atoms with Crippen LogP contribution in [0, 0.1) is 5.92 Å². The lowest BCUT2D eigenvalue weighted by atomic mass is 9.91.